The summed E-state index contributed by atoms with van der Waals surface area (Å²) < 4.78 is 0. The summed E-state index contributed by atoms with van der Waals surface area (Å²) in [5.74, 6) is 0.356. The average Bonchev–Trinajstić information content (AvgIpc) is 2.54. The smallest absolute Gasteiger partial charge is 0.240 e. The van der Waals surface area contributed by atoms with Gasteiger partial charge in [0.15, 0.2) is 0 Å². The molecule has 1 amide bonds. The summed E-state index contributed by atoms with van der Waals surface area (Å²) in [5, 5.41) is 1.45. The van der Waals surface area contributed by atoms with Gasteiger partial charge in [-0.25, -0.2) is 0 Å². The van der Waals surface area contributed by atoms with Crippen LogP contribution < -0.4 is 0 Å². The molecule has 1 fully saturated rings. The van der Waals surface area contributed by atoms with E-state index in [-0.39, 0.29) is 5.25 Å². The third-order valence-corrected chi connectivity index (χ3v) is 4.15. The number of hydrogen-bond donors (Lipinski definition) is 0. The topological polar surface area (TPSA) is 20.3 Å². The fourth-order valence-corrected chi connectivity index (χ4v) is 3.29. The number of hydrogen-bond acceptors (Lipinski definition) is 2. The fraction of sp³-hybridized carbons (Fsp3) is 0.727. The second-order valence-electron chi connectivity index (χ2n) is 3.92. The Balaban J connectivity index is 2.00. The van der Waals surface area contributed by atoms with Crippen LogP contribution in [-0.2, 0) is 4.79 Å². The van der Waals surface area contributed by atoms with Crippen LogP contribution in [0, 0.1) is 0 Å². The Morgan fingerprint density at radius 2 is 2.50 bits per heavy atom. The molecule has 2 heterocycles. The Morgan fingerprint density at radius 3 is 3.21 bits per heavy atom. The van der Waals surface area contributed by atoms with Crippen molar-refractivity contribution in [2.24, 2.45) is 0 Å². The highest BCUT2D eigenvalue weighted by molar-refractivity contribution is 8.04. The Kier molecular flexibility index (Phi) is 3.16. The van der Waals surface area contributed by atoms with Gasteiger partial charge in [0.1, 0.15) is 0 Å². The molecule has 0 aromatic rings. The molecule has 0 bridgehead atoms. The molecular weight excluding hydrogens is 194 g/mol. The highest BCUT2D eigenvalue weighted by atomic mass is 32.2. The number of carbonyl (C=O) groups is 1. The molecular formula is C11H17NOS. The van der Waals surface area contributed by atoms with E-state index < -0.39 is 0 Å². The summed E-state index contributed by atoms with van der Waals surface area (Å²) in [6.07, 6.45) is 7.91. The van der Waals surface area contributed by atoms with E-state index in [1.807, 2.05) is 4.90 Å². The number of rotatable bonds is 3. The molecule has 0 aliphatic carbocycles. The number of nitrogens with zero attached hydrogens (tertiary/aromatic N) is 1. The number of amides is 1. The lowest BCUT2D eigenvalue weighted by Gasteiger charge is -2.20. The normalized spacial score (nSPS) is 26.4. The van der Waals surface area contributed by atoms with Crippen molar-refractivity contribution in [3.05, 3.63) is 11.1 Å². The monoisotopic (exact) mass is 211 g/mol. The third-order valence-electron chi connectivity index (χ3n) is 2.80. The number of allylic oxidation sites excluding steroid dienone is 1. The van der Waals surface area contributed by atoms with Gasteiger partial charge in [0.25, 0.3) is 0 Å². The third kappa shape index (κ3) is 1.83. The minimum Gasteiger partial charge on any atom is -0.306 e. The zero-order valence-corrected chi connectivity index (χ0v) is 9.48. The minimum atomic E-state index is 0.222. The van der Waals surface area contributed by atoms with Crippen LogP contribution in [0.4, 0.5) is 0 Å². The van der Waals surface area contributed by atoms with Crippen molar-refractivity contribution < 1.29 is 4.79 Å². The zero-order chi connectivity index (χ0) is 9.97. The lowest BCUT2D eigenvalue weighted by molar-refractivity contribution is -0.127. The molecule has 0 radical (unpaired) electrons. The van der Waals surface area contributed by atoms with Crippen molar-refractivity contribution in [1.82, 2.24) is 4.90 Å². The Labute approximate surface area is 89.7 Å². The van der Waals surface area contributed by atoms with Crippen molar-refractivity contribution in [3.8, 4) is 0 Å². The van der Waals surface area contributed by atoms with Crippen LogP contribution in [0.15, 0.2) is 11.1 Å². The quantitative estimate of drug-likeness (QED) is 0.715. The van der Waals surface area contributed by atoms with Gasteiger partial charge in [0, 0.05) is 6.54 Å². The average molecular weight is 211 g/mol. The molecule has 1 saturated heterocycles. The van der Waals surface area contributed by atoms with E-state index in [4.69, 9.17) is 0 Å². The Hall–Kier alpha value is -0.440. The summed E-state index contributed by atoms with van der Waals surface area (Å²) in [6, 6.07) is 0. The van der Waals surface area contributed by atoms with Crippen LogP contribution >= 0.6 is 11.8 Å². The summed E-state index contributed by atoms with van der Waals surface area (Å²) in [4.78, 5) is 13.9. The highest BCUT2D eigenvalue weighted by Crippen LogP contribution is 2.39. The van der Waals surface area contributed by atoms with Gasteiger partial charge in [-0.1, -0.05) is 37.6 Å². The summed E-state index contributed by atoms with van der Waals surface area (Å²) >= 11 is 1.78. The van der Waals surface area contributed by atoms with Crippen molar-refractivity contribution in [2.45, 2.75) is 44.3 Å². The number of fused-ring (bicyclic) bond motifs is 1. The van der Waals surface area contributed by atoms with Gasteiger partial charge in [-0.15, -0.1) is 0 Å². The van der Waals surface area contributed by atoms with Crippen molar-refractivity contribution >= 4 is 17.7 Å². The first-order valence-electron chi connectivity index (χ1n) is 5.51. The van der Waals surface area contributed by atoms with E-state index in [9.17, 15) is 4.79 Å². The molecule has 1 unspecified atom stereocenters. The molecule has 0 N–H and O–H groups in total. The first-order valence-corrected chi connectivity index (χ1v) is 6.39. The standard InChI is InChI=1S/C11H17NOS/c1-2-3-6-9-11(13)12-8-5-4-7-10(12)14-9/h7,9H,2-6,8H2,1H3. The summed E-state index contributed by atoms with van der Waals surface area (Å²) in [6.45, 7) is 3.12. The van der Waals surface area contributed by atoms with Crippen LogP contribution in [-0.4, -0.2) is 22.6 Å². The van der Waals surface area contributed by atoms with Crippen molar-refractivity contribution in [1.29, 1.82) is 0 Å². The first-order chi connectivity index (χ1) is 6.83. The second-order valence-corrected chi connectivity index (χ2v) is 5.15. The van der Waals surface area contributed by atoms with Gasteiger partial charge in [-0.05, 0) is 19.3 Å². The van der Waals surface area contributed by atoms with E-state index in [0.717, 1.165) is 25.8 Å². The molecule has 0 aromatic carbocycles. The molecule has 0 spiro atoms. The first kappa shape index (κ1) is 10.1. The van der Waals surface area contributed by atoms with Crippen LogP contribution in [0.3, 0.4) is 0 Å². The van der Waals surface area contributed by atoms with Gasteiger partial charge in [-0.2, -0.15) is 0 Å². The Morgan fingerprint density at radius 1 is 1.64 bits per heavy atom. The minimum absolute atomic E-state index is 0.222. The van der Waals surface area contributed by atoms with E-state index >= 15 is 0 Å². The summed E-state index contributed by atoms with van der Waals surface area (Å²) in [5.41, 5.74) is 0. The molecule has 2 nitrogen and oxygen atoms in total. The molecule has 78 valence electrons. The van der Waals surface area contributed by atoms with Gasteiger partial charge >= 0.3 is 0 Å². The molecule has 0 saturated carbocycles. The van der Waals surface area contributed by atoms with Crippen LogP contribution in [0.1, 0.15) is 39.0 Å². The molecule has 2 aliphatic rings. The number of unbranched alkanes of at least 4 members (excludes halogenated alkanes) is 1. The second kappa shape index (κ2) is 4.39. The maximum atomic E-state index is 11.9. The predicted octanol–water partition coefficient (Wildman–Crippen LogP) is 2.76. The largest absolute Gasteiger partial charge is 0.306 e. The molecule has 14 heavy (non-hydrogen) atoms. The molecule has 2 aliphatic heterocycles. The lowest BCUT2D eigenvalue weighted by atomic mass is 10.1. The van der Waals surface area contributed by atoms with Gasteiger partial charge in [-0.3, -0.25) is 4.79 Å². The van der Waals surface area contributed by atoms with E-state index in [1.165, 1.54) is 17.9 Å². The van der Waals surface area contributed by atoms with Gasteiger partial charge < -0.3 is 4.90 Å². The highest BCUT2D eigenvalue weighted by Gasteiger charge is 2.36. The van der Waals surface area contributed by atoms with Gasteiger partial charge in [0.2, 0.25) is 5.91 Å². The molecule has 1 atom stereocenters. The zero-order valence-electron chi connectivity index (χ0n) is 8.66. The fourth-order valence-electron chi connectivity index (χ4n) is 1.97. The van der Waals surface area contributed by atoms with Crippen molar-refractivity contribution in [2.75, 3.05) is 6.54 Å². The lowest BCUT2D eigenvalue weighted by Crippen LogP contribution is -2.30. The number of carbonyl (C=O) groups excluding carboxylic acids is 1. The van der Waals surface area contributed by atoms with E-state index in [2.05, 4.69) is 13.0 Å². The summed E-state index contributed by atoms with van der Waals surface area (Å²) in [7, 11) is 0. The predicted molar refractivity (Wildman–Crippen MR) is 59.9 cm³/mol. The molecule has 3 heteroatoms. The van der Waals surface area contributed by atoms with Crippen LogP contribution in [0.25, 0.3) is 0 Å². The Bertz CT molecular complexity index is 262. The SMILES string of the molecule is CCCCC1SC2=CCCCN2C1=O. The van der Waals surface area contributed by atoms with Gasteiger partial charge in [0.05, 0.1) is 10.3 Å². The van der Waals surface area contributed by atoms with Crippen molar-refractivity contribution in [3.63, 3.8) is 0 Å². The number of thioether (sulfide) groups is 1. The molecule has 0 aromatic heterocycles. The maximum Gasteiger partial charge on any atom is 0.240 e. The van der Waals surface area contributed by atoms with Crippen LogP contribution in [0.5, 0.6) is 0 Å². The van der Waals surface area contributed by atoms with E-state index in [0.29, 0.717) is 5.91 Å². The molecule has 2 rings (SSSR count). The van der Waals surface area contributed by atoms with E-state index in [1.54, 1.807) is 11.8 Å². The maximum absolute atomic E-state index is 11.9. The van der Waals surface area contributed by atoms with Crippen LogP contribution in [0.2, 0.25) is 0 Å².